The lowest BCUT2D eigenvalue weighted by atomic mass is 10.2. The van der Waals surface area contributed by atoms with E-state index in [2.05, 4.69) is 10.0 Å². The molecule has 0 aliphatic heterocycles. The molecule has 9 heteroatoms. The minimum absolute atomic E-state index is 0.0167. The molecule has 3 N–H and O–H groups in total. The van der Waals surface area contributed by atoms with Gasteiger partial charge in [-0.3, -0.25) is 9.59 Å². The van der Waals surface area contributed by atoms with Crippen LogP contribution in [0.3, 0.4) is 0 Å². The number of carboxylic acids is 1. The molecular formula is C14H19ClN2O5S. The van der Waals surface area contributed by atoms with E-state index in [9.17, 15) is 18.0 Å². The van der Waals surface area contributed by atoms with Crippen molar-refractivity contribution >= 4 is 33.5 Å². The lowest BCUT2D eigenvalue weighted by Gasteiger charge is -2.14. The Kier molecular flexibility index (Phi) is 7.47. The second kappa shape index (κ2) is 8.85. The van der Waals surface area contributed by atoms with Crippen molar-refractivity contribution in [3.63, 3.8) is 0 Å². The molecule has 1 amide bonds. The number of nitrogens with one attached hydrogen (secondary N) is 2. The summed E-state index contributed by atoms with van der Waals surface area (Å²) in [4.78, 5) is 22.2. The van der Waals surface area contributed by atoms with Crippen molar-refractivity contribution in [1.82, 2.24) is 10.0 Å². The van der Waals surface area contributed by atoms with Gasteiger partial charge >= 0.3 is 5.97 Å². The average Bonchev–Trinajstić information content (AvgIpc) is 2.46. The monoisotopic (exact) mass is 362 g/mol. The number of halogens is 1. The van der Waals surface area contributed by atoms with Gasteiger partial charge in [0.05, 0.1) is 10.9 Å². The highest BCUT2D eigenvalue weighted by Crippen LogP contribution is 2.14. The van der Waals surface area contributed by atoms with Crippen molar-refractivity contribution in [2.45, 2.75) is 37.1 Å². The lowest BCUT2D eigenvalue weighted by molar-refractivity contribution is -0.137. The summed E-state index contributed by atoms with van der Waals surface area (Å²) in [6.45, 7) is 1.72. The van der Waals surface area contributed by atoms with E-state index in [1.54, 1.807) is 0 Å². The molecule has 0 aliphatic carbocycles. The van der Waals surface area contributed by atoms with E-state index >= 15 is 0 Å². The maximum Gasteiger partial charge on any atom is 0.303 e. The summed E-state index contributed by atoms with van der Waals surface area (Å²) in [7, 11) is -3.81. The van der Waals surface area contributed by atoms with E-state index in [4.69, 9.17) is 16.7 Å². The highest BCUT2D eigenvalue weighted by molar-refractivity contribution is 7.89. The number of hydrogen-bond donors (Lipinski definition) is 3. The Morgan fingerprint density at radius 1 is 1.22 bits per heavy atom. The minimum Gasteiger partial charge on any atom is -0.481 e. The van der Waals surface area contributed by atoms with Gasteiger partial charge in [0, 0.05) is 18.0 Å². The van der Waals surface area contributed by atoms with Gasteiger partial charge in [-0.25, -0.2) is 8.42 Å². The van der Waals surface area contributed by atoms with E-state index in [0.29, 0.717) is 24.4 Å². The van der Waals surface area contributed by atoms with Gasteiger partial charge in [-0.2, -0.15) is 4.72 Å². The van der Waals surface area contributed by atoms with E-state index in [1.165, 1.54) is 31.2 Å². The minimum atomic E-state index is -3.81. The normalized spacial score (nSPS) is 12.6. The second-order valence-electron chi connectivity index (χ2n) is 4.94. The lowest BCUT2D eigenvalue weighted by Crippen LogP contribution is -2.44. The van der Waals surface area contributed by atoms with Gasteiger partial charge in [0.25, 0.3) is 0 Å². The molecule has 0 bridgehead atoms. The van der Waals surface area contributed by atoms with Gasteiger partial charge in [-0.05, 0) is 44.0 Å². The molecule has 7 nitrogen and oxygen atoms in total. The van der Waals surface area contributed by atoms with Gasteiger partial charge in [0.15, 0.2) is 0 Å². The molecule has 0 fully saturated rings. The Morgan fingerprint density at radius 2 is 1.83 bits per heavy atom. The predicted molar refractivity (Wildman–Crippen MR) is 85.7 cm³/mol. The van der Waals surface area contributed by atoms with Crippen molar-refractivity contribution in [1.29, 1.82) is 0 Å². The second-order valence-corrected chi connectivity index (χ2v) is 7.09. The van der Waals surface area contributed by atoms with Crippen LogP contribution in [0.2, 0.25) is 5.02 Å². The van der Waals surface area contributed by atoms with Crippen molar-refractivity contribution < 1.29 is 23.1 Å². The zero-order chi connectivity index (χ0) is 17.5. The van der Waals surface area contributed by atoms with E-state index in [1.807, 2.05) is 0 Å². The van der Waals surface area contributed by atoms with Crippen LogP contribution in [0.1, 0.15) is 26.2 Å². The quantitative estimate of drug-likeness (QED) is 0.574. The SMILES string of the molecule is CC(NS(=O)(=O)c1ccc(Cl)cc1)C(=O)NCCCCC(=O)O. The van der Waals surface area contributed by atoms with Crippen LogP contribution < -0.4 is 10.0 Å². The molecule has 1 rings (SSSR count). The molecule has 0 heterocycles. The van der Waals surface area contributed by atoms with Crippen LogP contribution in [0.5, 0.6) is 0 Å². The van der Waals surface area contributed by atoms with Crippen LogP contribution in [-0.4, -0.2) is 38.0 Å². The van der Waals surface area contributed by atoms with Crippen LogP contribution in [0.25, 0.3) is 0 Å². The Morgan fingerprint density at radius 3 is 2.39 bits per heavy atom. The average molecular weight is 363 g/mol. The van der Waals surface area contributed by atoms with E-state index in [-0.39, 0.29) is 11.3 Å². The van der Waals surface area contributed by atoms with Gasteiger partial charge in [-0.1, -0.05) is 11.6 Å². The summed E-state index contributed by atoms with van der Waals surface area (Å²) in [5, 5.41) is 11.5. The summed E-state index contributed by atoms with van der Waals surface area (Å²) >= 11 is 5.70. The Balaban J connectivity index is 2.47. The number of carbonyl (C=O) groups excluding carboxylic acids is 1. The largest absolute Gasteiger partial charge is 0.481 e. The third kappa shape index (κ3) is 6.98. The number of benzene rings is 1. The molecular weight excluding hydrogens is 344 g/mol. The van der Waals surface area contributed by atoms with E-state index in [0.717, 1.165) is 0 Å². The van der Waals surface area contributed by atoms with Crippen molar-refractivity contribution in [2.75, 3.05) is 6.54 Å². The fraction of sp³-hybridized carbons (Fsp3) is 0.429. The highest BCUT2D eigenvalue weighted by Gasteiger charge is 2.21. The molecule has 0 saturated heterocycles. The van der Waals surface area contributed by atoms with Crippen LogP contribution >= 0.6 is 11.6 Å². The van der Waals surface area contributed by atoms with Crippen LogP contribution in [-0.2, 0) is 19.6 Å². The summed E-state index contributed by atoms with van der Waals surface area (Å²) in [5.41, 5.74) is 0. The number of rotatable bonds is 9. The molecule has 0 radical (unpaired) electrons. The van der Waals surface area contributed by atoms with Crippen molar-refractivity contribution in [3.05, 3.63) is 29.3 Å². The van der Waals surface area contributed by atoms with Gasteiger partial charge < -0.3 is 10.4 Å². The fourth-order valence-corrected chi connectivity index (χ4v) is 3.06. The summed E-state index contributed by atoms with van der Waals surface area (Å²) in [6, 6.07) is 4.64. The van der Waals surface area contributed by atoms with E-state index < -0.39 is 27.9 Å². The topological polar surface area (TPSA) is 113 Å². The van der Waals surface area contributed by atoms with Crippen LogP contribution in [0.4, 0.5) is 0 Å². The number of carboxylic acid groups (broad SMARTS) is 1. The molecule has 0 saturated carbocycles. The number of sulfonamides is 1. The number of hydrogen-bond acceptors (Lipinski definition) is 4. The van der Waals surface area contributed by atoms with Gasteiger partial charge in [-0.15, -0.1) is 0 Å². The van der Waals surface area contributed by atoms with Crippen molar-refractivity contribution in [3.8, 4) is 0 Å². The first-order valence-corrected chi connectivity index (χ1v) is 8.86. The zero-order valence-corrected chi connectivity index (χ0v) is 14.2. The zero-order valence-electron chi connectivity index (χ0n) is 12.6. The molecule has 128 valence electrons. The number of unbranched alkanes of at least 4 members (excludes halogenated alkanes) is 1. The molecule has 0 aromatic heterocycles. The number of aliphatic carboxylic acids is 1. The number of carbonyl (C=O) groups is 2. The smallest absolute Gasteiger partial charge is 0.303 e. The molecule has 1 atom stereocenters. The first-order valence-electron chi connectivity index (χ1n) is 7.00. The van der Waals surface area contributed by atoms with Crippen molar-refractivity contribution in [2.24, 2.45) is 0 Å². The highest BCUT2D eigenvalue weighted by atomic mass is 35.5. The fourth-order valence-electron chi connectivity index (χ4n) is 1.73. The van der Waals surface area contributed by atoms with Crippen LogP contribution in [0, 0.1) is 0 Å². The third-order valence-electron chi connectivity index (χ3n) is 2.97. The number of amides is 1. The predicted octanol–water partition coefficient (Wildman–Crippen LogP) is 1.38. The maximum absolute atomic E-state index is 12.1. The third-order valence-corrected chi connectivity index (χ3v) is 4.77. The van der Waals surface area contributed by atoms with Crippen LogP contribution in [0.15, 0.2) is 29.2 Å². The van der Waals surface area contributed by atoms with Gasteiger partial charge in [0.1, 0.15) is 0 Å². The summed E-state index contributed by atoms with van der Waals surface area (Å²) in [6.07, 6.45) is 0.990. The molecule has 0 spiro atoms. The summed E-state index contributed by atoms with van der Waals surface area (Å²) in [5.74, 6) is -1.36. The summed E-state index contributed by atoms with van der Waals surface area (Å²) < 4.78 is 26.5. The Bertz CT molecular complexity index is 646. The molecule has 1 aromatic carbocycles. The molecule has 0 aliphatic rings. The first-order chi connectivity index (χ1) is 10.7. The molecule has 1 unspecified atom stereocenters. The first kappa shape index (κ1) is 19.4. The molecule has 1 aromatic rings. The maximum atomic E-state index is 12.1. The Labute approximate surface area is 140 Å². The van der Waals surface area contributed by atoms with Gasteiger partial charge in [0.2, 0.25) is 15.9 Å². The standard InChI is InChI=1S/C14H19ClN2O5S/c1-10(14(20)16-9-3-2-4-13(18)19)17-23(21,22)12-7-5-11(15)6-8-12/h5-8,10,17H,2-4,9H2,1H3,(H,16,20)(H,18,19). The Hall–Kier alpha value is -1.64. The molecule has 23 heavy (non-hydrogen) atoms.